The Balaban J connectivity index is 2.36. The molecule has 0 saturated carbocycles. The van der Waals surface area contributed by atoms with Crippen LogP contribution in [-0.4, -0.2) is 24.2 Å². The number of nitrogens with two attached hydrogens (primary N) is 1. The van der Waals surface area contributed by atoms with Crippen molar-refractivity contribution >= 4 is 5.69 Å². The molecule has 20 heavy (non-hydrogen) atoms. The summed E-state index contributed by atoms with van der Waals surface area (Å²) in [6, 6.07) is 2.78. The number of hydrogen-bond acceptors (Lipinski definition) is 6. The Morgan fingerprint density at radius 3 is 2.10 bits per heavy atom. The Bertz CT molecular complexity index is 615. The molecular weight excluding hydrogens is 272 g/mol. The second-order valence-corrected chi connectivity index (χ2v) is 3.64. The van der Waals surface area contributed by atoms with Crippen LogP contribution >= 0.6 is 0 Å². The monoisotopic (exact) mass is 283 g/mol. The number of aromatic nitrogens is 2. The number of hydrogen-bond donors (Lipinski definition) is 1. The molecule has 0 radical (unpaired) electrons. The lowest BCUT2D eigenvalue weighted by molar-refractivity contribution is 0.342. The summed E-state index contributed by atoms with van der Waals surface area (Å²) < 4.78 is 41.8. The van der Waals surface area contributed by atoms with Crippen LogP contribution in [0, 0.1) is 11.6 Å². The molecule has 2 N–H and O–H groups in total. The smallest absolute Gasteiger partial charge is 0.328 e. The third-order valence-electron chi connectivity index (χ3n) is 2.33. The minimum atomic E-state index is -0.839. The predicted octanol–water partition coefficient (Wildman–Crippen LogP) is 2.15. The summed E-state index contributed by atoms with van der Waals surface area (Å²) >= 11 is 0. The van der Waals surface area contributed by atoms with Crippen molar-refractivity contribution < 1.29 is 23.0 Å². The summed E-state index contributed by atoms with van der Waals surface area (Å²) in [5, 5.41) is 0. The molecule has 0 spiro atoms. The Morgan fingerprint density at radius 1 is 0.950 bits per heavy atom. The molecule has 0 amide bonds. The first-order valence-corrected chi connectivity index (χ1v) is 5.43. The number of halogens is 2. The first kappa shape index (κ1) is 13.8. The molecule has 2 rings (SSSR count). The molecule has 106 valence electrons. The molecule has 0 unspecified atom stereocenters. The molecule has 1 aromatic heterocycles. The highest BCUT2D eigenvalue weighted by Crippen LogP contribution is 2.28. The van der Waals surface area contributed by atoms with Gasteiger partial charge in [-0.3, -0.25) is 0 Å². The van der Waals surface area contributed by atoms with Gasteiger partial charge in [0.05, 0.1) is 26.0 Å². The topological polar surface area (TPSA) is 79.5 Å². The van der Waals surface area contributed by atoms with Crippen molar-refractivity contribution in [3.05, 3.63) is 29.8 Å². The Hall–Kier alpha value is -2.64. The molecule has 1 aromatic carbocycles. The van der Waals surface area contributed by atoms with E-state index in [9.17, 15) is 8.78 Å². The lowest BCUT2D eigenvalue weighted by Crippen LogP contribution is -2.00. The van der Waals surface area contributed by atoms with Crippen molar-refractivity contribution in [1.29, 1.82) is 0 Å². The van der Waals surface area contributed by atoms with Gasteiger partial charge in [-0.05, 0) is 0 Å². The zero-order valence-electron chi connectivity index (χ0n) is 10.7. The fourth-order valence-corrected chi connectivity index (χ4v) is 1.36. The minimum Gasteiger partial charge on any atom is -0.481 e. The maximum Gasteiger partial charge on any atom is 0.328 e. The van der Waals surface area contributed by atoms with E-state index in [1.807, 2.05) is 0 Å². The van der Waals surface area contributed by atoms with Crippen LogP contribution in [0.15, 0.2) is 18.2 Å². The lowest BCUT2D eigenvalue weighted by Gasteiger charge is -2.08. The Labute approximate surface area is 113 Å². The fourth-order valence-electron chi connectivity index (χ4n) is 1.36. The summed E-state index contributed by atoms with van der Waals surface area (Å²) in [5.74, 6) is -1.73. The molecule has 1 heterocycles. The van der Waals surface area contributed by atoms with Crippen molar-refractivity contribution in [3.63, 3.8) is 0 Å². The Kier molecular flexibility index (Phi) is 3.83. The average molecular weight is 283 g/mol. The van der Waals surface area contributed by atoms with E-state index in [4.69, 9.17) is 19.9 Å². The number of nitrogens with zero attached hydrogens (tertiary/aromatic N) is 2. The quantitative estimate of drug-likeness (QED) is 0.866. The van der Waals surface area contributed by atoms with Gasteiger partial charge in [0.1, 0.15) is 5.82 Å². The van der Waals surface area contributed by atoms with Gasteiger partial charge in [-0.15, -0.1) is 0 Å². The Morgan fingerprint density at radius 2 is 1.55 bits per heavy atom. The highest BCUT2D eigenvalue weighted by atomic mass is 19.1. The van der Waals surface area contributed by atoms with E-state index >= 15 is 0 Å². The summed E-state index contributed by atoms with van der Waals surface area (Å²) in [4.78, 5) is 7.66. The molecule has 0 fully saturated rings. The van der Waals surface area contributed by atoms with Crippen LogP contribution < -0.4 is 19.9 Å². The van der Waals surface area contributed by atoms with E-state index in [0.29, 0.717) is 0 Å². The largest absolute Gasteiger partial charge is 0.481 e. The van der Waals surface area contributed by atoms with Gasteiger partial charge in [0.15, 0.2) is 11.6 Å². The maximum atomic E-state index is 13.6. The molecule has 0 aliphatic heterocycles. The first-order chi connectivity index (χ1) is 9.53. The predicted molar refractivity (Wildman–Crippen MR) is 66.0 cm³/mol. The first-order valence-electron chi connectivity index (χ1n) is 5.43. The summed E-state index contributed by atoms with van der Waals surface area (Å²) in [5.41, 5.74) is 4.91. The van der Waals surface area contributed by atoms with E-state index in [2.05, 4.69) is 9.97 Å². The van der Waals surface area contributed by atoms with Gasteiger partial charge in [-0.2, -0.15) is 9.97 Å². The zero-order valence-corrected chi connectivity index (χ0v) is 10.7. The number of rotatable bonds is 4. The van der Waals surface area contributed by atoms with Crippen molar-refractivity contribution in [2.24, 2.45) is 0 Å². The normalized spacial score (nSPS) is 10.2. The summed E-state index contributed by atoms with van der Waals surface area (Å²) in [6.45, 7) is 0. The van der Waals surface area contributed by atoms with E-state index in [-0.39, 0.29) is 23.5 Å². The molecular formula is C12H11F2N3O3. The second-order valence-electron chi connectivity index (χ2n) is 3.64. The SMILES string of the molecule is COc1cc(OC)nc(Oc2cc(F)c(N)cc2F)n1. The number of methoxy groups -OCH3 is 2. The van der Waals surface area contributed by atoms with Crippen LogP contribution in [0.2, 0.25) is 0 Å². The molecule has 0 aliphatic rings. The van der Waals surface area contributed by atoms with Gasteiger partial charge < -0.3 is 19.9 Å². The average Bonchev–Trinajstić information content (AvgIpc) is 2.44. The number of anilines is 1. The minimum absolute atomic E-state index is 0.156. The third-order valence-corrected chi connectivity index (χ3v) is 2.33. The van der Waals surface area contributed by atoms with Crippen molar-refractivity contribution in [3.8, 4) is 23.5 Å². The van der Waals surface area contributed by atoms with Gasteiger partial charge in [-0.1, -0.05) is 0 Å². The van der Waals surface area contributed by atoms with Crippen LogP contribution in [-0.2, 0) is 0 Å². The number of benzene rings is 1. The highest BCUT2D eigenvalue weighted by molar-refractivity contribution is 5.45. The molecule has 2 aromatic rings. The molecule has 0 aliphatic carbocycles. The van der Waals surface area contributed by atoms with Crippen LogP contribution in [0.3, 0.4) is 0 Å². The van der Waals surface area contributed by atoms with Crippen molar-refractivity contribution in [2.45, 2.75) is 0 Å². The van der Waals surface area contributed by atoms with Crippen molar-refractivity contribution in [2.75, 3.05) is 20.0 Å². The second kappa shape index (κ2) is 5.55. The van der Waals surface area contributed by atoms with Crippen molar-refractivity contribution in [1.82, 2.24) is 9.97 Å². The highest BCUT2D eigenvalue weighted by Gasteiger charge is 2.13. The van der Waals surface area contributed by atoms with Gasteiger partial charge in [0, 0.05) is 12.1 Å². The third kappa shape index (κ3) is 2.85. The van der Waals surface area contributed by atoms with Gasteiger partial charge >= 0.3 is 6.01 Å². The zero-order chi connectivity index (χ0) is 14.7. The lowest BCUT2D eigenvalue weighted by atomic mass is 10.3. The molecule has 8 heteroatoms. The molecule has 0 bridgehead atoms. The molecule has 0 atom stereocenters. The maximum absolute atomic E-state index is 13.6. The van der Waals surface area contributed by atoms with Crippen LogP contribution in [0.25, 0.3) is 0 Å². The van der Waals surface area contributed by atoms with Gasteiger partial charge in [-0.25, -0.2) is 8.78 Å². The summed E-state index contributed by atoms with van der Waals surface area (Å²) in [7, 11) is 2.77. The molecule has 6 nitrogen and oxygen atoms in total. The standard InChI is InChI=1S/C12H11F2N3O3/c1-18-10-5-11(19-2)17-12(16-10)20-9-4-6(13)8(15)3-7(9)14/h3-5H,15H2,1-2H3. The van der Waals surface area contributed by atoms with E-state index < -0.39 is 17.4 Å². The van der Waals surface area contributed by atoms with Gasteiger partial charge in [0.25, 0.3) is 0 Å². The van der Waals surface area contributed by atoms with Gasteiger partial charge in [0.2, 0.25) is 11.8 Å². The summed E-state index contributed by atoms with van der Waals surface area (Å²) in [6.07, 6.45) is 0. The molecule has 0 saturated heterocycles. The number of ether oxygens (including phenoxy) is 3. The van der Waals surface area contributed by atoms with E-state index in [1.54, 1.807) is 0 Å². The fraction of sp³-hybridized carbons (Fsp3) is 0.167. The van der Waals surface area contributed by atoms with Crippen LogP contribution in [0.5, 0.6) is 23.5 Å². The number of nitrogen functional groups attached to an aromatic ring is 1. The van der Waals surface area contributed by atoms with E-state index in [1.165, 1.54) is 20.3 Å². The van der Waals surface area contributed by atoms with Crippen LogP contribution in [0.4, 0.5) is 14.5 Å². The van der Waals surface area contributed by atoms with Crippen LogP contribution in [0.1, 0.15) is 0 Å². The van der Waals surface area contributed by atoms with E-state index in [0.717, 1.165) is 12.1 Å².